The third kappa shape index (κ3) is 4.37. The maximum absolute atomic E-state index is 12.3. The van der Waals surface area contributed by atoms with E-state index in [9.17, 15) is 9.59 Å². The number of hydrogen-bond acceptors (Lipinski definition) is 7. The molecule has 0 saturated carbocycles. The molecule has 1 heterocycles. The van der Waals surface area contributed by atoms with E-state index in [4.69, 9.17) is 18.9 Å². The van der Waals surface area contributed by atoms with Gasteiger partial charge in [0, 0.05) is 18.2 Å². The molecule has 1 amide bonds. The fourth-order valence-electron chi connectivity index (χ4n) is 2.76. The van der Waals surface area contributed by atoms with Gasteiger partial charge in [-0.25, -0.2) is 9.79 Å². The Morgan fingerprint density at radius 2 is 1.66 bits per heavy atom. The third-order valence-electron chi connectivity index (χ3n) is 4.07. The fraction of sp³-hybridized carbons (Fsp3) is 0.190. The van der Waals surface area contributed by atoms with Gasteiger partial charge in [0.25, 0.3) is 0 Å². The van der Waals surface area contributed by atoms with Crippen molar-refractivity contribution in [2.24, 2.45) is 4.99 Å². The summed E-state index contributed by atoms with van der Waals surface area (Å²) in [7, 11) is 4.50. The second-order valence-corrected chi connectivity index (χ2v) is 6.05. The minimum atomic E-state index is -0.570. The molecular formula is C21H20N2O6. The number of carbonyl (C=O) groups excluding carboxylic acids is 2. The summed E-state index contributed by atoms with van der Waals surface area (Å²) in [6.07, 6.45) is 1.60. The topological polar surface area (TPSA) is 95.5 Å². The van der Waals surface area contributed by atoms with Crippen LogP contribution in [0.25, 0.3) is 6.08 Å². The van der Waals surface area contributed by atoms with E-state index in [2.05, 4.69) is 10.3 Å². The van der Waals surface area contributed by atoms with Crippen LogP contribution >= 0.6 is 0 Å². The van der Waals surface area contributed by atoms with Gasteiger partial charge in [-0.05, 0) is 35.9 Å². The van der Waals surface area contributed by atoms with Gasteiger partial charge in [-0.15, -0.1) is 0 Å². The van der Waals surface area contributed by atoms with Crippen LogP contribution in [0.5, 0.6) is 17.2 Å². The van der Waals surface area contributed by atoms with Gasteiger partial charge in [-0.3, -0.25) is 4.79 Å². The smallest absolute Gasteiger partial charge is 0.363 e. The average Bonchev–Trinajstić information content (AvgIpc) is 3.08. The first kappa shape index (κ1) is 19.9. The van der Waals surface area contributed by atoms with Crippen LogP contribution in [0, 0.1) is 0 Å². The summed E-state index contributed by atoms with van der Waals surface area (Å²) in [6.45, 7) is 1.43. The van der Waals surface area contributed by atoms with Crippen molar-refractivity contribution in [3.63, 3.8) is 0 Å². The largest absolute Gasteiger partial charge is 0.493 e. The molecule has 0 saturated heterocycles. The molecule has 0 spiro atoms. The lowest BCUT2D eigenvalue weighted by atomic mass is 10.1. The molecule has 1 N–H and O–H groups in total. The zero-order chi connectivity index (χ0) is 21.0. The van der Waals surface area contributed by atoms with Crippen LogP contribution in [0.1, 0.15) is 18.1 Å². The van der Waals surface area contributed by atoms with Gasteiger partial charge >= 0.3 is 5.97 Å². The second kappa shape index (κ2) is 8.47. The first-order valence-corrected chi connectivity index (χ1v) is 8.65. The highest BCUT2D eigenvalue weighted by Gasteiger charge is 2.26. The maximum Gasteiger partial charge on any atom is 0.363 e. The van der Waals surface area contributed by atoms with Gasteiger partial charge < -0.3 is 24.3 Å². The predicted molar refractivity (Wildman–Crippen MR) is 107 cm³/mol. The number of amides is 1. The first-order chi connectivity index (χ1) is 13.9. The molecule has 0 radical (unpaired) electrons. The molecule has 0 unspecified atom stereocenters. The summed E-state index contributed by atoms with van der Waals surface area (Å²) in [5, 5.41) is 2.68. The van der Waals surface area contributed by atoms with Gasteiger partial charge in [0.05, 0.1) is 21.3 Å². The number of anilines is 1. The van der Waals surface area contributed by atoms with Gasteiger partial charge in [0.1, 0.15) is 0 Å². The molecule has 29 heavy (non-hydrogen) atoms. The Bertz CT molecular complexity index is 983. The molecule has 150 valence electrons. The van der Waals surface area contributed by atoms with Crippen LogP contribution in [-0.4, -0.2) is 39.1 Å². The lowest BCUT2D eigenvalue weighted by Gasteiger charge is -2.13. The molecule has 8 nitrogen and oxygen atoms in total. The van der Waals surface area contributed by atoms with E-state index in [1.165, 1.54) is 28.3 Å². The standard InChI is InChI=1S/C21H20N2O6/c1-12(24)22-15-7-5-13(6-8-15)9-16-21(25)29-20(23-16)14-10-17(26-2)19(28-4)18(11-14)27-3/h5-11H,1-4H3,(H,22,24)/b16-9-. The van der Waals surface area contributed by atoms with Crippen molar-refractivity contribution in [3.05, 3.63) is 53.2 Å². The molecule has 3 rings (SSSR count). The number of nitrogens with one attached hydrogen (secondary N) is 1. The summed E-state index contributed by atoms with van der Waals surface area (Å²) >= 11 is 0. The Balaban J connectivity index is 1.92. The third-order valence-corrected chi connectivity index (χ3v) is 4.07. The number of methoxy groups -OCH3 is 3. The van der Waals surface area contributed by atoms with E-state index in [-0.39, 0.29) is 17.5 Å². The van der Waals surface area contributed by atoms with Crippen molar-refractivity contribution in [2.45, 2.75) is 6.92 Å². The fourth-order valence-corrected chi connectivity index (χ4v) is 2.76. The summed E-state index contributed by atoms with van der Waals surface area (Å²) in [5.41, 5.74) is 2.06. The molecule has 0 aliphatic carbocycles. The Labute approximate surface area is 167 Å². The molecule has 1 aliphatic rings. The highest BCUT2D eigenvalue weighted by molar-refractivity contribution is 6.13. The van der Waals surface area contributed by atoms with Gasteiger partial charge in [-0.2, -0.15) is 0 Å². The lowest BCUT2D eigenvalue weighted by Crippen LogP contribution is -2.07. The van der Waals surface area contributed by atoms with Gasteiger partial charge in [-0.1, -0.05) is 12.1 Å². The number of carbonyl (C=O) groups is 2. The monoisotopic (exact) mass is 396 g/mol. The highest BCUT2D eigenvalue weighted by atomic mass is 16.6. The molecule has 2 aromatic carbocycles. The van der Waals surface area contributed by atoms with E-state index in [0.29, 0.717) is 28.5 Å². The number of benzene rings is 2. The van der Waals surface area contributed by atoms with E-state index < -0.39 is 5.97 Å². The van der Waals surface area contributed by atoms with Crippen molar-refractivity contribution in [2.75, 3.05) is 26.6 Å². The average molecular weight is 396 g/mol. The number of aliphatic imine (C=N–C) groups is 1. The van der Waals surface area contributed by atoms with Crippen molar-refractivity contribution in [1.29, 1.82) is 0 Å². The molecule has 0 bridgehead atoms. The maximum atomic E-state index is 12.3. The Morgan fingerprint density at radius 3 is 2.17 bits per heavy atom. The zero-order valence-corrected chi connectivity index (χ0v) is 16.4. The number of esters is 1. The van der Waals surface area contributed by atoms with Crippen molar-refractivity contribution < 1.29 is 28.5 Å². The molecule has 0 aromatic heterocycles. The first-order valence-electron chi connectivity index (χ1n) is 8.65. The summed E-state index contributed by atoms with van der Waals surface area (Å²) < 4.78 is 21.3. The van der Waals surface area contributed by atoms with Crippen LogP contribution in [0.4, 0.5) is 5.69 Å². The number of hydrogen-bond donors (Lipinski definition) is 1. The summed E-state index contributed by atoms with van der Waals surface area (Å²) in [5.74, 6) is 0.682. The molecule has 1 aliphatic heterocycles. The number of ether oxygens (including phenoxy) is 4. The molecule has 2 aromatic rings. The van der Waals surface area contributed by atoms with Crippen molar-refractivity contribution >= 4 is 29.5 Å². The van der Waals surface area contributed by atoms with Gasteiger partial charge in [0.15, 0.2) is 17.2 Å². The SMILES string of the molecule is COc1cc(C2=N/C(=C\c3ccc(NC(C)=O)cc3)C(=O)O2)cc(OC)c1OC. The number of nitrogens with zero attached hydrogens (tertiary/aromatic N) is 1. The minimum Gasteiger partial charge on any atom is -0.493 e. The van der Waals surface area contributed by atoms with E-state index in [1.807, 2.05) is 0 Å². The predicted octanol–water partition coefficient (Wildman–Crippen LogP) is 3.02. The zero-order valence-electron chi connectivity index (χ0n) is 16.4. The molecule has 8 heteroatoms. The van der Waals surface area contributed by atoms with Crippen LogP contribution in [0.15, 0.2) is 47.1 Å². The lowest BCUT2D eigenvalue weighted by molar-refractivity contribution is -0.129. The summed E-state index contributed by atoms with van der Waals surface area (Å²) in [4.78, 5) is 27.6. The second-order valence-electron chi connectivity index (χ2n) is 6.05. The van der Waals surface area contributed by atoms with E-state index in [1.54, 1.807) is 42.5 Å². The minimum absolute atomic E-state index is 0.135. The van der Waals surface area contributed by atoms with Crippen molar-refractivity contribution in [1.82, 2.24) is 0 Å². The van der Waals surface area contributed by atoms with Crippen LogP contribution < -0.4 is 19.5 Å². The number of rotatable bonds is 6. The number of cyclic esters (lactones) is 1. The normalized spacial score (nSPS) is 14.3. The van der Waals surface area contributed by atoms with Crippen molar-refractivity contribution in [3.8, 4) is 17.2 Å². The summed E-state index contributed by atoms with van der Waals surface area (Å²) in [6, 6.07) is 10.3. The quantitative estimate of drug-likeness (QED) is 0.596. The molecular weight excluding hydrogens is 376 g/mol. The van der Waals surface area contributed by atoms with Crippen LogP contribution in [0.2, 0.25) is 0 Å². The van der Waals surface area contributed by atoms with Crippen LogP contribution in [-0.2, 0) is 14.3 Å². The van der Waals surface area contributed by atoms with Gasteiger partial charge in [0.2, 0.25) is 17.6 Å². The Hall–Kier alpha value is -3.81. The highest BCUT2D eigenvalue weighted by Crippen LogP contribution is 2.39. The van der Waals surface area contributed by atoms with E-state index in [0.717, 1.165) is 5.56 Å². The molecule has 0 atom stereocenters. The molecule has 0 fully saturated rings. The van der Waals surface area contributed by atoms with Crippen LogP contribution in [0.3, 0.4) is 0 Å². The Morgan fingerprint density at radius 1 is 1.03 bits per heavy atom. The van der Waals surface area contributed by atoms with E-state index >= 15 is 0 Å². The Kier molecular flexibility index (Phi) is 5.82.